The highest BCUT2D eigenvalue weighted by Gasteiger charge is 2.16. The third-order valence-corrected chi connectivity index (χ3v) is 2.88. The molecule has 1 aromatic carbocycles. The van der Waals surface area contributed by atoms with Crippen LogP contribution in [0.2, 0.25) is 0 Å². The number of fused-ring (bicyclic) bond motifs is 1. The number of nitrogen functional groups attached to an aromatic ring is 1. The van der Waals surface area contributed by atoms with E-state index in [1.54, 1.807) is 30.3 Å². The zero-order valence-corrected chi connectivity index (χ0v) is 10.2. The lowest BCUT2D eigenvalue weighted by Gasteiger charge is -2.05. The summed E-state index contributed by atoms with van der Waals surface area (Å²) >= 11 is 0. The topological polar surface area (TPSA) is 114 Å². The third-order valence-electron chi connectivity index (χ3n) is 2.88. The molecular weight excluding hydrogens is 260 g/mol. The van der Waals surface area contributed by atoms with Gasteiger partial charge in [-0.2, -0.15) is 4.98 Å². The van der Waals surface area contributed by atoms with Crippen LogP contribution in [0.3, 0.4) is 0 Å². The van der Waals surface area contributed by atoms with Crippen LogP contribution in [0.1, 0.15) is 10.5 Å². The molecule has 0 atom stereocenters. The Labute approximate surface area is 112 Å². The van der Waals surface area contributed by atoms with Gasteiger partial charge in [0.15, 0.2) is 11.3 Å². The summed E-state index contributed by atoms with van der Waals surface area (Å²) in [7, 11) is 0. The number of pyridine rings is 1. The molecule has 3 rings (SSSR count). The number of benzene rings is 1. The van der Waals surface area contributed by atoms with Gasteiger partial charge in [0.05, 0.1) is 0 Å². The number of carboxylic acid groups (broad SMARTS) is 1. The molecule has 0 bridgehead atoms. The van der Waals surface area contributed by atoms with Crippen LogP contribution in [0.4, 0.5) is 5.95 Å². The molecule has 20 heavy (non-hydrogen) atoms. The van der Waals surface area contributed by atoms with Gasteiger partial charge in [0.25, 0.3) is 0 Å². The number of nitrogens with two attached hydrogens (primary N) is 1. The first-order chi connectivity index (χ1) is 9.56. The molecule has 0 aliphatic carbocycles. The first-order valence-electron chi connectivity index (χ1n) is 5.74. The van der Waals surface area contributed by atoms with Crippen molar-refractivity contribution in [2.45, 2.75) is 0 Å². The third kappa shape index (κ3) is 1.81. The molecule has 0 aliphatic heterocycles. The van der Waals surface area contributed by atoms with Gasteiger partial charge in [0.1, 0.15) is 5.75 Å². The van der Waals surface area contributed by atoms with Crippen molar-refractivity contribution in [3.63, 3.8) is 0 Å². The molecule has 0 aliphatic rings. The van der Waals surface area contributed by atoms with Gasteiger partial charge < -0.3 is 15.9 Å². The minimum atomic E-state index is -1.12. The maximum atomic E-state index is 11.2. The number of anilines is 1. The zero-order chi connectivity index (χ0) is 14.3. The maximum Gasteiger partial charge on any atom is 0.354 e. The summed E-state index contributed by atoms with van der Waals surface area (Å²) in [5, 5.41) is 22.5. The smallest absolute Gasteiger partial charge is 0.354 e. The Morgan fingerprint density at radius 2 is 2.05 bits per heavy atom. The highest BCUT2D eigenvalue weighted by atomic mass is 16.4. The number of aromatic carboxylic acids is 1. The molecule has 2 heterocycles. The summed E-state index contributed by atoms with van der Waals surface area (Å²) in [5.74, 6) is -1.03. The predicted octanol–water partition coefficient (Wildman–Crippen LogP) is 1.38. The molecule has 4 N–H and O–H groups in total. The lowest BCUT2D eigenvalue weighted by molar-refractivity contribution is 0.0687. The Morgan fingerprint density at radius 3 is 2.75 bits per heavy atom. The van der Waals surface area contributed by atoms with E-state index in [-0.39, 0.29) is 17.4 Å². The van der Waals surface area contributed by atoms with Crippen molar-refractivity contribution in [2.24, 2.45) is 0 Å². The lowest BCUT2D eigenvalue weighted by Crippen LogP contribution is -2.07. The summed E-state index contributed by atoms with van der Waals surface area (Å²) in [4.78, 5) is 15.2. The van der Waals surface area contributed by atoms with Gasteiger partial charge in [-0.1, -0.05) is 12.1 Å². The van der Waals surface area contributed by atoms with Gasteiger partial charge >= 0.3 is 5.97 Å². The van der Waals surface area contributed by atoms with Crippen LogP contribution < -0.4 is 5.73 Å². The van der Waals surface area contributed by atoms with E-state index < -0.39 is 5.97 Å². The fraction of sp³-hybridized carbons (Fsp3) is 0. The van der Waals surface area contributed by atoms with Gasteiger partial charge in [-0.25, -0.2) is 9.31 Å². The van der Waals surface area contributed by atoms with E-state index in [4.69, 9.17) is 10.8 Å². The first kappa shape index (κ1) is 12.0. The molecule has 0 saturated heterocycles. The van der Waals surface area contributed by atoms with Crippen molar-refractivity contribution in [2.75, 3.05) is 5.73 Å². The number of aromatic nitrogens is 3. The van der Waals surface area contributed by atoms with Gasteiger partial charge in [-0.05, 0) is 29.8 Å². The average Bonchev–Trinajstić information content (AvgIpc) is 2.78. The van der Waals surface area contributed by atoms with Gasteiger partial charge in [0.2, 0.25) is 5.95 Å². The zero-order valence-electron chi connectivity index (χ0n) is 10.2. The van der Waals surface area contributed by atoms with Gasteiger partial charge in [0, 0.05) is 5.56 Å². The Hall–Kier alpha value is -3.09. The van der Waals surface area contributed by atoms with E-state index in [2.05, 4.69) is 10.1 Å². The van der Waals surface area contributed by atoms with Gasteiger partial charge in [-0.15, -0.1) is 5.10 Å². The molecule has 2 aromatic heterocycles. The largest absolute Gasteiger partial charge is 0.508 e. The van der Waals surface area contributed by atoms with Crippen molar-refractivity contribution in [1.82, 2.24) is 14.6 Å². The molecule has 0 spiro atoms. The standard InChI is InChI=1S/C13H10N4O3/c14-13-15-11-9(7-2-1-3-8(18)6-7)4-5-10(12(19)20)17(11)16-13/h1-6,18H,(H2,14,16)(H,19,20). The van der Waals surface area contributed by atoms with E-state index in [1.165, 1.54) is 10.6 Å². The van der Waals surface area contributed by atoms with E-state index in [0.717, 1.165) is 0 Å². The van der Waals surface area contributed by atoms with Crippen LogP contribution in [0.15, 0.2) is 36.4 Å². The summed E-state index contributed by atoms with van der Waals surface area (Å²) < 4.78 is 1.18. The fourth-order valence-corrected chi connectivity index (χ4v) is 2.04. The number of nitrogens with zero attached hydrogens (tertiary/aromatic N) is 3. The van der Waals surface area contributed by atoms with Crippen LogP contribution in [-0.2, 0) is 0 Å². The Kier molecular flexibility index (Phi) is 2.53. The van der Waals surface area contributed by atoms with E-state index >= 15 is 0 Å². The fourth-order valence-electron chi connectivity index (χ4n) is 2.04. The van der Waals surface area contributed by atoms with Crippen LogP contribution in [-0.4, -0.2) is 30.8 Å². The van der Waals surface area contributed by atoms with Crippen molar-refractivity contribution >= 4 is 17.6 Å². The summed E-state index contributed by atoms with van der Waals surface area (Å²) in [6.45, 7) is 0. The maximum absolute atomic E-state index is 11.2. The van der Waals surface area contributed by atoms with Crippen LogP contribution in [0.25, 0.3) is 16.8 Å². The second-order valence-corrected chi connectivity index (χ2v) is 4.19. The Balaban J connectivity index is 2.33. The highest BCUT2D eigenvalue weighted by Crippen LogP contribution is 2.27. The highest BCUT2D eigenvalue weighted by molar-refractivity contribution is 5.89. The van der Waals surface area contributed by atoms with Crippen molar-refractivity contribution in [3.05, 3.63) is 42.1 Å². The molecular formula is C13H10N4O3. The number of phenols is 1. The Morgan fingerprint density at radius 1 is 1.25 bits per heavy atom. The van der Waals surface area contributed by atoms with Crippen LogP contribution >= 0.6 is 0 Å². The number of rotatable bonds is 2. The number of hydrogen-bond acceptors (Lipinski definition) is 5. The SMILES string of the molecule is Nc1nc2c(-c3cccc(O)c3)ccc(C(=O)O)n2n1. The molecule has 0 radical (unpaired) electrons. The van der Waals surface area contributed by atoms with Crippen molar-refractivity contribution in [1.29, 1.82) is 0 Å². The molecule has 7 nitrogen and oxygen atoms in total. The van der Waals surface area contributed by atoms with Gasteiger partial charge in [-0.3, -0.25) is 0 Å². The minimum Gasteiger partial charge on any atom is -0.508 e. The Bertz CT molecular complexity index is 826. The molecule has 100 valence electrons. The van der Waals surface area contributed by atoms with E-state index in [1.807, 2.05) is 0 Å². The first-order valence-corrected chi connectivity index (χ1v) is 5.74. The quantitative estimate of drug-likeness (QED) is 0.648. The number of hydrogen-bond donors (Lipinski definition) is 3. The number of phenolic OH excluding ortho intramolecular Hbond substituents is 1. The van der Waals surface area contributed by atoms with Crippen molar-refractivity contribution < 1.29 is 15.0 Å². The minimum absolute atomic E-state index is 0.0138. The second-order valence-electron chi connectivity index (χ2n) is 4.19. The number of carboxylic acids is 1. The molecule has 0 saturated carbocycles. The lowest BCUT2D eigenvalue weighted by atomic mass is 10.1. The molecule has 3 aromatic rings. The van der Waals surface area contributed by atoms with Crippen molar-refractivity contribution in [3.8, 4) is 16.9 Å². The van der Waals surface area contributed by atoms with Crippen LogP contribution in [0.5, 0.6) is 5.75 Å². The monoisotopic (exact) mass is 270 g/mol. The number of carbonyl (C=O) groups is 1. The summed E-state index contributed by atoms with van der Waals surface area (Å²) in [6, 6.07) is 9.60. The molecule has 0 unspecified atom stereocenters. The van der Waals surface area contributed by atoms with E-state index in [9.17, 15) is 9.90 Å². The predicted molar refractivity (Wildman–Crippen MR) is 71.5 cm³/mol. The summed E-state index contributed by atoms with van der Waals surface area (Å²) in [6.07, 6.45) is 0. The molecule has 0 fully saturated rings. The average molecular weight is 270 g/mol. The summed E-state index contributed by atoms with van der Waals surface area (Å²) in [5.41, 5.74) is 7.17. The second kappa shape index (κ2) is 4.23. The molecule has 7 heteroatoms. The number of aromatic hydroxyl groups is 1. The van der Waals surface area contributed by atoms with Crippen LogP contribution in [0, 0.1) is 0 Å². The normalized spacial score (nSPS) is 10.8. The van der Waals surface area contributed by atoms with E-state index in [0.29, 0.717) is 16.8 Å². The molecule has 0 amide bonds.